The van der Waals surface area contributed by atoms with E-state index >= 15 is 0 Å². The fraction of sp³-hybridized carbons (Fsp3) is 0.500. The predicted octanol–water partition coefficient (Wildman–Crippen LogP) is 3.30. The van der Waals surface area contributed by atoms with E-state index in [-0.39, 0.29) is 11.5 Å². The number of aromatic nitrogens is 2. The SMILES string of the molecule is Cc1c(-c2ccc(C(F)(F)F)cc2)nn(CC(C)C)c(=O)c1N1CCNCC1. The van der Waals surface area contributed by atoms with Crippen molar-refractivity contribution in [2.45, 2.75) is 33.5 Å². The summed E-state index contributed by atoms with van der Waals surface area (Å²) in [5, 5.41) is 7.77. The Labute approximate surface area is 162 Å². The second-order valence-corrected chi connectivity index (χ2v) is 7.52. The molecule has 0 saturated carbocycles. The van der Waals surface area contributed by atoms with Gasteiger partial charge in [0.25, 0.3) is 5.56 Å². The van der Waals surface area contributed by atoms with Crippen molar-refractivity contribution in [2.24, 2.45) is 5.92 Å². The summed E-state index contributed by atoms with van der Waals surface area (Å²) in [6.45, 7) is 9.22. The number of hydrogen-bond acceptors (Lipinski definition) is 4. The molecule has 0 unspecified atom stereocenters. The third-order valence-electron chi connectivity index (χ3n) is 4.83. The van der Waals surface area contributed by atoms with Crippen LogP contribution in [0.2, 0.25) is 0 Å². The maximum Gasteiger partial charge on any atom is 0.416 e. The zero-order chi connectivity index (χ0) is 20.5. The van der Waals surface area contributed by atoms with Gasteiger partial charge in [-0.3, -0.25) is 4.79 Å². The molecule has 1 N–H and O–H groups in total. The Morgan fingerprint density at radius 1 is 1.14 bits per heavy atom. The van der Waals surface area contributed by atoms with Crippen LogP contribution in [0.3, 0.4) is 0 Å². The van der Waals surface area contributed by atoms with E-state index in [4.69, 9.17) is 0 Å². The van der Waals surface area contributed by atoms with Crippen molar-refractivity contribution < 1.29 is 13.2 Å². The molecule has 0 atom stereocenters. The Bertz CT molecular complexity index is 882. The van der Waals surface area contributed by atoms with Gasteiger partial charge in [-0.25, -0.2) is 4.68 Å². The van der Waals surface area contributed by atoms with Crippen molar-refractivity contribution in [3.05, 3.63) is 45.7 Å². The van der Waals surface area contributed by atoms with Crippen LogP contribution in [0, 0.1) is 12.8 Å². The lowest BCUT2D eigenvalue weighted by atomic mass is 10.0. The summed E-state index contributed by atoms with van der Waals surface area (Å²) in [6, 6.07) is 4.95. The lowest BCUT2D eigenvalue weighted by molar-refractivity contribution is -0.137. The second kappa shape index (κ2) is 7.95. The second-order valence-electron chi connectivity index (χ2n) is 7.52. The van der Waals surface area contributed by atoms with E-state index in [1.165, 1.54) is 16.8 Å². The van der Waals surface area contributed by atoms with Gasteiger partial charge >= 0.3 is 6.18 Å². The molecule has 0 aliphatic carbocycles. The van der Waals surface area contributed by atoms with Crippen LogP contribution in [0.15, 0.2) is 29.1 Å². The Balaban J connectivity index is 2.13. The summed E-state index contributed by atoms with van der Waals surface area (Å²) in [7, 11) is 0. The molecule has 1 aliphatic rings. The minimum Gasteiger partial charge on any atom is -0.364 e. The maximum atomic E-state index is 13.1. The molecule has 2 aromatic rings. The van der Waals surface area contributed by atoms with Gasteiger partial charge in [-0.15, -0.1) is 0 Å². The normalized spacial score (nSPS) is 15.3. The lowest BCUT2D eigenvalue weighted by Gasteiger charge is -2.31. The van der Waals surface area contributed by atoms with E-state index in [0.29, 0.717) is 42.1 Å². The van der Waals surface area contributed by atoms with Gasteiger partial charge in [0.05, 0.1) is 11.3 Å². The van der Waals surface area contributed by atoms with Crippen LogP contribution < -0.4 is 15.8 Å². The average Bonchev–Trinajstić information content (AvgIpc) is 2.64. The molecule has 1 aliphatic heterocycles. The van der Waals surface area contributed by atoms with Gasteiger partial charge in [0.2, 0.25) is 0 Å². The lowest BCUT2D eigenvalue weighted by Crippen LogP contribution is -2.47. The van der Waals surface area contributed by atoms with Gasteiger partial charge in [0, 0.05) is 43.9 Å². The number of alkyl halides is 3. The summed E-state index contributed by atoms with van der Waals surface area (Å²) in [5.74, 6) is 0.212. The Morgan fingerprint density at radius 3 is 2.29 bits per heavy atom. The van der Waals surface area contributed by atoms with E-state index in [1.54, 1.807) is 0 Å². The van der Waals surface area contributed by atoms with E-state index in [0.717, 1.165) is 25.2 Å². The molecule has 1 aromatic heterocycles. The van der Waals surface area contributed by atoms with Crippen LogP contribution in [0.5, 0.6) is 0 Å². The van der Waals surface area contributed by atoms with E-state index in [1.807, 2.05) is 25.7 Å². The molecule has 1 fully saturated rings. The zero-order valence-corrected chi connectivity index (χ0v) is 16.3. The Morgan fingerprint density at radius 2 is 1.75 bits per heavy atom. The number of benzene rings is 1. The fourth-order valence-electron chi connectivity index (χ4n) is 3.46. The van der Waals surface area contributed by atoms with Crippen molar-refractivity contribution >= 4 is 5.69 Å². The number of anilines is 1. The van der Waals surface area contributed by atoms with Crippen molar-refractivity contribution in [1.29, 1.82) is 0 Å². The number of rotatable bonds is 4. The summed E-state index contributed by atoms with van der Waals surface area (Å²) in [5.41, 5.74) is 1.55. The van der Waals surface area contributed by atoms with Crippen LogP contribution in [-0.2, 0) is 12.7 Å². The van der Waals surface area contributed by atoms with Gasteiger partial charge in [0.15, 0.2) is 0 Å². The van der Waals surface area contributed by atoms with Crippen molar-refractivity contribution in [1.82, 2.24) is 15.1 Å². The van der Waals surface area contributed by atoms with E-state index < -0.39 is 11.7 Å². The van der Waals surface area contributed by atoms with Gasteiger partial charge < -0.3 is 10.2 Å². The molecule has 152 valence electrons. The molecular formula is C20H25F3N4O. The van der Waals surface area contributed by atoms with Crippen molar-refractivity contribution in [3.63, 3.8) is 0 Å². The van der Waals surface area contributed by atoms with Crippen LogP contribution in [-0.4, -0.2) is 36.0 Å². The maximum absolute atomic E-state index is 13.1. The largest absolute Gasteiger partial charge is 0.416 e. The molecule has 2 heterocycles. The Hall–Kier alpha value is -2.35. The number of halogens is 3. The number of nitrogens with zero attached hydrogens (tertiary/aromatic N) is 3. The highest BCUT2D eigenvalue weighted by atomic mass is 19.4. The van der Waals surface area contributed by atoms with Gasteiger partial charge in [-0.05, 0) is 25.0 Å². The van der Waals surface area contributed by atoms with Crippen LogP contribution in [0.25, 0.3) is 11.3 Å². The summed E-state index contributed by atoms with van der Waals surface area (Å²) in [4.78, 5) is 15.1. The predicted molar refractivity (Wildman–Crippen MR) is 104 cm³/mol. The van der Waals surface area contributed by atoms with Crippen LogP contribution in [0.4, 0.5) is 18.9 Å². The number of hydrogen-bond donors (Lipinski definition) is 1. The van der Waals surface area contributed by atoms with Gasteiger partial charge in [-0.1, -0.05) is 26.0 Å². The first kappa shape index (κ1) is 20.4. The molecule has 0 spiro atoms. The molecule has 1 aromatic carbocycles. The molecule has 3 rings (SSSR count). The first-order chi connectivity index (χ1) is 13.2. The molecule has 0 radical (unpaired) electrons. The quantitative estimate of drug-likeness (QED) is 0.865. The molecule has 0 amide bonds. The zero-order valence-electron chi connectivity index (χ0n) is 16.3. The minimum absolute atomic E-state index is 0.149. The first-order valence-corrected chi connectivity index (χ1v) is 9.43. The third kappa shape index (κ3) is 4.22. The van der Waals surface area contributed by atoms with Crippen molar-refractivity contribution in [2.75, 3.05) is 31.1 Å². The fourth-order valence-corrected chi connectivity index (χ4v) is 3.46. The summed E-state index contributed by atoms with van der Waals surface area (Å²) < 4.78 is 40.1. The van der Waals surface area contributed by atoms with Crippen LogP contribution >= 0.6 is 0 Å². The third-order valence-corrected chi connectivity index (χ3v) is 4.83. The standard InChI is InChI=1S/C20H25F3N4O/c1-13(2)12-27-19(28)18(26-10-8-24-9-11-26)14(3)17(25-27)15-4-6-16(7-5-15)20(21,22)23/h4-7,13,24H,8-12H2,1-3H3. The highest BCUT2D eigenvalue weighted by Gasteiger charge is 2.30. The van der Waals surface area contributed by atoms with Crippen LogP contribution in [0.1, 0.15) is 25.0 Å². The average molecular weight is 394 g/mol. The van der Waals surface area contributed by atoms with Crippen molar-refractivity contribution in [3.8, 4) is 11.3 Å². The number of nitrogens with one attached hydrogen (secondary N) is 1. The topological polar surface area (TPSA) is 50.2 Å². The molecule has 8 heteroatoms. The van der Waals surface area contributed by atoms with Gasteiger partial charge in [-0.2, -0.15) is 18.3 Å². The van der Waals surface area contributed by atoms with E-state index in [9.17, 15) is 18.0 Å². The molecule has 5 nitrogen and oxygen atoms in total. The van der Waals surface area contributed by atoms with E-state index in [2.05, 4.69) is 10.4 Å². The first-order valence-electron chi connectivity index (χ1n) is 9.43. The molecule has 0 bridgehead atoms. The molecule has 1 saturated heterocycles. The smallest absolute Gasteiger partial charge is 0.364 e. The minimum atomic E-state index is -4.39. The molecular weight excluding hydrogens is 369 g/mol. The summed E-state index contributed by atoms with van der Waals surface area (Å²) >= 11 is 0. The summed E-state index contributed by atoms with van der Waals surface area (Å²) in [6.07, 6.45) is -4.39. The van der Waals surface area contributed by atoms with Gasteiger partial charge in [0.1, 0.15) is 5.69 Å². The highest BCUT2D eigenvalue weighted by Crippen LogP contribution is 2.32. The highest BCUT2D eigenvalue weighted by molar-refractivity contribution is 5.70. The molecule has 28 heavy (non-hydrogen) atoms. The Kier molecular flexibility index (Phi) is 5.79. The number of piperazine rings is 1. The monoisotopic (exact) mass is 394 g/mol.